The maximum Gasteiger partial charge on any atom is 0.213 e. The van der Waals surface area contributed by atoms with E-state index in [1.54, 1.807) is 0 Å². The first kappa shape index (κ1) is 13.3. The first-order chi connectivity index (χ1) is 8.74. The summed E-state index contributed by atoms with van der Waals surface area (Å²) in [5.41, 5.74) is 1.06. The minimum atomic E-state index is 0.669. The van der Waals surface area contributed by atoms with Crippen LogP contribution in [0.4, 0.5) is 0 Å². The number of hydrogen-bond donors (Lipinski definition) is 1. The molecule has 0 atom stereocenters. The molecule has 3 nitrogen and oxygen atoms in total. The van der Waals surface area contributed by atoms with E-state index in [1.165, 1.54) is 19.3 Å². The summed E-state index contributed by atoms with van der Waals surface area (Å²) in [4.78, 5) is 4.50. The Balaban J connectivity index is 1.72. The summed E-state index contributed by atoms with van der Waals surface area (Å²) in [6.45, 7) is 7.06. The Bertz CT molecular complexity index is 338. The van der Waals surface area contributed by atoms with Gasteiger partial charge in [0.25, 0.3) is 0 Å². The van der Waals surface area contributed by atoms with Crippen LogP contribution >= 0.6 is 0 Å². The van der Waals surface area contributed by atoms with Crippen molar-refractivity contribution in [3.05, 3.63) is 23.9 Å². The normalized spacial score (nSPS) is 15.1. The van der Waals surface area contributed by atoms with Crippen LogP contribution in [0, 0.1) is 11.8 Å². The van der Waals surface area contributed by atoms with Crippen molar-refractivity contribution in [2.75, 3.05) is 13.2 Å². The SMILES string of the molecule is CC(C)CNCc1cccc(OCCC2CC2)n1. The molecule has 1 saturated carbocycles. The molecule has 0 unspecified atom stereocenters. The van der Waals surface area contributed by atoms with E-state index in [1.807, 2.05) is 18.2 Å². The van der Waals surface area contributed by atoms with E-state index in [-0.39, 0.29) is 0 Å². The fourth-order valence-corrected chi connectivity index (χ4v) is 1.86. The predicted molar refractivity (Wildman–Crippen MR) is 73.6 cm³/mol. The van der Waals surface area contributed by atoms with E-state index in [9.17, 15) is 0 Å². The predicted octanol–water partition coefficient (Wildman–Crippen LogP) is 3.01. The van der Waals surface area contributed by atoms with Crippen LogP contribution < -0.4 is 10.1 Å². The van der Waals surface area contributed by atoms with E-state index in [0.717, 1.165) is 37.2 Å². The summed E-state index contributed by atoms with van der Waals surface area (Å²) in [5, 5.41) is 3.39. The van der Waals surface area contributed by atoms with Crippen molar-refractivity contribution in [2.45, 2.75) is 39.7 Å². The van der Waals surface area contributed by atoms with Crippen LogP contribution in [0.1, 0.15) is 38.8 Å². The standard InChI is InChI=1S/C15H24N2O/c1-12(2)10-16-11-14-4-3-5-15(17-14)18-9-8-13-6-7-13/h3-5,12-13,16H,6-11H2,1-2H3. The van der Waals surface area contributed by atoms with Gasteiger partial charge in [0.05, 0.1) is 12.3 Å². The molecule has 3 heteroatoms. The second-order valence-corrected chi connectivity index (χ2v) is 5.57. The summed E-state index contributed by atoms with van der Waals surface area (Å²) < 4.78 is 5.69. The first-order valence-electron chi connectivity index (χ1n) is 7.03. The number of aromatic nitrogens is 1. The molecule has 0 spiro atoms. The van der Waals surface area contributed by atoms with Gasteiger partial charge in [-0.1, -0.05) is 32.8 Å². The molecule has 0 amide bonds. The molecule has 1 N–H and O–H groups in total. The number of hydrogen-bond acceptors (Lipinski definition) is 3. The summed E-state index contributed by atoms with van der Waals surface area (Å²) >= 11 is 0. The van der Waals surface area contributed by atoms with Crippen LogP contribution in [0.15, 0.2) is 18.2 Å². The molecule has 0 saturated heterocycles. The molecule has 2 rings (SSSR count). The molecule has 1 heterocycles. The van der Waals surface area contributed by atoms with Crippen LogP contribution in [0.3, 0.4) is 0 Å². The zero-order valence-electron chi connectivity index (χ0n) is 11.5. The summed E-state index contributed by atoms with van der Waals surface area (Å²) in [5.74, 6) is 2.35. The number of ether oxygens (including phenoxy) is 1. The molecule has 1 aromatic rings. The second kappa shape index (κ2) is 6.74. The molecule has 1 aliphatic carbocycles. The van der Waals surface area contributed by atoms with Gasteiger partial charge in [-0.15, -0.1) is 0 Å². The highest BCUT2D eigenvalue weighted by atomic mass is 16.5. The van der Waals surface area contributed by atoms with Gasteiger partial charge in [-0.3, -0.25) is 0 Å². The fraction of sp³-hybridized carbons (Fsp3) is 0.667. The maximum atomic E-state index is 5.69. The Kier molecular flexibility index (Phi) is 5.00. The molecular weight excluding hydrogens is 224 g/mol. The highest BCUT2D eigenvalue weighted by Crippen LogP contribution is 2.32. The van der Waals surface area contributed by atoms with Crippen LogP contribution in [-0.2, 0) is 6.54 Å². The van der Waals surface area contributed by atoms with E-state index >= 15 is 0 Å². The number of nitrogens with one attached hydrogen (secondary N) is 1. The van der Waals surface area contributed by atoms with Gasteiger partial charge in [0, 0.05) is 12.6 Å². The van der Waals surface area contributed by atoms with E-state index in [0.29, 0.717) is 5.92 Å². The zero-order chi connectivity index (χ0) is 12.8. The third-order valence-corrected chi connectivity index (χ3v) is 3.11. The van der Waals surface area contributed by atoms with Crippen molar-refractivity contribution in [2.24, 2.45) is 11.8 Å². The van der Waals surface area contributed by atoms with Crippen LogP contribution in [-0.4, -0.2) is 18.1 Å². The van der Waals surface area contributed by atoms with Crippen LogP contribution in [0.25, 0.3) is 0 Å². The first-order valence-corrected chi connectivity index (χ1v) is 7.03. The molecule has 1 aliphatic rings. The molecule has 18 heavy (non-hydrogen) atoms. The number of rotatable bonds is 8. The van der Waals surface area contributed by atoms with Gasteiger partial charge in [-0.2, -0.15) is 0 Å². The molecule has 0 bridgehead atoms. The van der Waals surface area contributed by atoms with E-state index in [2.05, 4.69) is 24.1 Å². The topological polar surface area (TPSA) is 34.1 Å². The highest BCUT2D eigenvalue weighted by Gasteiger charge is 2.20. The third-order valence-electron chi connectivity index (χ3n) is 3.11. The summed E-state index contributed by atoms with van der Waals surface area (Å²) in [7, 11) is 0. The van der Waals surface area contributed by atoms with Crippen molar-refractivity contribution in [3.8, 4) is 5.88 Å². The minimum Gasteiger partial charge on any atom is -0.478 e. The number of pyridine rings is 1. The Morgan fingerprint density at radius 3 is 2.94 bits per heavy atom. The lowest BCUT2D eigenvalue weighted by Crippen LogP contribution is -2.19. The molecule has 0 radical (unpaired) electrons. The van der Waals surface area contributed by atoms with Gasteiger partial charge in [-0.05, 0) is 30.9 Å². The van der Waals surface area contributed by atoms with Gasteiger partial charge < -0.3 is 10.1 Å². The molecular formula is C15H24N2O. The van der Waals surface area contributed by atoms with Crippen molar-refractivity contribution >= 4 is 0 Å². The van der Waals surface area contributed by atoms with Gasteiger partial charge in [0.15, 0.2) is 0 Å². The van der Waals surface area contributed by atoms with Gasteiger partial charge >= 0.3 is 0 Å². The van der Waals surface area contributed by atoms with E-state index in [4.69, 9.17) is 4.74 Å². The Morgan fingerprint density at radius 2 is 2.22 bits per heavy atom. The minimum absolute atomic E-state index is 0.669. The Morgan fingerprint density at radius 1 is 1.39 bits per heavy atom. The highest BCUT2D eigenvalue weighted by molar-refractivity contribution is 5.15. The largest absolute Gasteiger partial charge is 0.478 e. The fourth-order valence-electron chi connectivity index (χ4n) is 1.86. The monoisotopic (exact) mass is 248 g/mol. The molecule has 0 aromatic carbocycles. The Hall–Kier alpha value is -1.09. The quantitative estimate of drug-likeness (QED) is 0.768. The average molecular weight is 248 g/mol. The van der Waals surface area contributed by atoms with Gasteiger partial charge in [0.1, 0.15) is 0 Å². The number of nitrogens with zero attached hydrogens (tertiary/aromatic N) is 1. The molecule has 1 fully saturated rings. The second-order valence-electron chi connectivity index (χ2n) is 5.57. The lowest BCUT2D eigenvalue weighted by molar-refractivity contribution is 0.290. The lowest BCUT2D eigenvalue weighted by atomic mass is 10.2. The van der Waals surface area contributed by atoms with Gasteiger partial charge in [0.2, 0.25) is 5.88 Å². The third kappa shape index (κ3) is 5.05. The van der Waals surface area contributed by atoms with Crippen LogP contribution in [0.2, 0.25) is 0 Å². The van der Waals surface area contributed by atoms with Crippen molar-refractivity contribution in [1.29, 1.82) is 0 Å². The van der Waals surface area contributed by atoms with Crippen molar-refractivity contribution in [1.82, 2.24) is 10.3 Å². The molecule has 0 aliphatic heterocycles. The Labute approximate surface area is 110 Å². The summed E-state index contributed by atoms with van der Waals surface area (Å²) in [6, 6.07) is 6.01. The summed E-state index contributed by atoms with van der Waals surface area (Å²) in [6.07, 6.45) is 3.95. The molecule has 100 valence electrons. The van der Waals surface area contributed by atoms with Gasteiger partial charge in [-0.25, -0.2) is 4.98 Å². The average Bonchev–Trinajstić information content (AvgIpc) is 3.13. The van der Waals surface area contributed by atoms with E-state index < -0.39 is 0 Å². The lowest BCUT2D eigenvalue weighted by Gasteiger charge is -2.09. The smallest absolute Gasteiger partial charge is 0.213 e. The maximum absolute atomic E-state index is 5.69. The zero-order valence-corrected chi connectivity index (χ0v) is 11.5. The van der Waals surface area contributed by atoms with Crippen LogP contribution in [0.5, 0.6) is 5.88 Å². The molecule has 1 aromatic heterocycles. The van der Waals surface area contributed by atoms with Crippen molar-refractivity contribution < 1.29 is 4.74 Å². The van der Waals surface area contributed by atoms with Crippen molar-refractivity contribution in [3.63, 3.8) is 0 Å².